The van der Waals surface area contributed by atoms with E-state index in [2.05, 4.69) is 43.8 Å². The van der Waals surface area contributed by atoms with Crippen LogP contribution in [-0.2, 0) is 0 Å². The molecule has 1 N–H and O–H groups in total. The summed E-state index contributed by atoms with van der Waals surface area (Å²) in [5.74, 6) is 0.911. The number of hydrogen-bond donors (Lipinski definition) is 1. The number of carbonyl (C=O) groups is 1. The molecule has 0 fully saturated rings. The third-order valence-corrected chi connectivity index (χ3v) is 4.43. The van der Waals surface area contributed by atoms with Crippen molar-refractivity contribution in [3.05, 3.63) is 50.0 Å². The molecule has 2 rings (SSSR count). The van der Waals surface area contributed by atoms with Crippen molar-refractivity contribution in [3.8, 4) is 11.5 Å². The fourth-order valence-corrected chi connectivity index (χ4v) is 3.04. The maximum atomic E-state index is 12.4. The molecule has 0 aliphatic carbocycles. The Hall–Kier alpha value is -1.28. The molecule has 0 radical (unpaired) electrons. The van der Waals surface area contributed by atoms with Crippen molar-refractivity contribution in [2.24, 2.45) is 0 Å². The number of ether oxygens (including phenoxy) is 2. The van der Waals surface area contributed by atoms with Crippen LogP contribution >= 0.6 is 38.5 Å². The van der Waals surface area contributed by atoms with Gasteiger partial charge in [-0.05, 0) is 69.7 Å². The van der Waals surface area contributed by atoms with Gasteiger partial charge in [0.05, 0.1) is 23.9 Å². The van der Waals surface area contributed by atoms with Crippen LogP contribution in [-0.4, -0.2) is 19.6 Å². The molecule has 2 aromatic rings. The molecule has 4 nitrogen and oxygen atoms in total. The topological polar surface area (TPSA) is 47.6 Å². The van der Waals surface area contributed by atoms with Gasteiger partial charge in [-0.2, -0.15) is 0 Å². The number of benzene rings is 2. The molecule has 0 heterocycles. The highest BCUT2D eigenvalue weighted by Crippen LogP contribution is 2.36. The summed E-state index contributed by atoms with van der Waals surface area (Å²) < 4.78 is 12.5. The summed E-state index contributed by atoms with van der Waals surface area (Å²) in [5, 5.41) is 2.90. The molecule has 0 aliphatic heterocycles. The van der Waals surface area contributed by atoms with E-state index in [9.17, 15) is 4.79 Å². The van der Waals surface area contributed by atoms with Crippen molar-refractivity contribution >= 4 is 50.1 Å². The van der Waals surface area contributed by atoms with Gasteiger partial charge in [-0.1, -0.05) is 12.1 Å². The molecule has 0 atom stereocenters. The first-order valence-electron chi connectivity index (χ1n) is 6.63. The Bertz CT molecular complexity index is 691. The maximum absolute atomic E-state index is 12.4. The van der Waals surface area contributed by atoms with Gasteiger partial charge in [-0.3, -0.25) is 4.79 Å². The van der Waals surface area contributed by atoms with E-state index in [-0.39, 0.29) is 5.91 Å². The van der Waals surface area contributed by atoms with Crippen LogP contribution < -0.4 is 14.8 Å². The second-order valence-corrected chi connectivity index (χ2v) is 6.37. The summed E-state index contributed by atoms with van der Waals surface area (Å²) in [6, 6.07) is 11.0. The molecular formula is C16H15BrINO3. The molecule has 2 aromatic carbocycles. The summed E-state index contributed by atoms with van der Waals surface area (Å²) >= 11 is 5.59. The zero-order valence-electron chi connectivity index (χ0n) is 12.2. The van der Waals surface area contributed by atoms with Crippen LogP contribution in [0.25, 0.3) is 0 Å². The Morgan fingerprint density at radius 1 is 1.32 bits per heavy atom. The first kappa shape index (κ1) is 17.1. The zero-order chi connectivity index (χ0) is 16.1. The van der Waals surface area contributed by atoms with E-state index < -0.39 is 0 Å². The maximum Gasteiger partial charge on any atom is 0.255 e. The van der Waals surface area contributed by atoms with E-state index >= 15 is 0 Å². The number of carbonyl (C=O) groups excluding carboxylic acids is 1. The number of halogens is 2. The number of hydrogen-bond acceptors (Lipinski definition) is 3. The van der Waals surface area contributed by atoms with E-state index in [0.29, 0.717) is 28.1 Å². The molecule has 0 saturated carbocycles. The van der Waals surface area contributed by atoms with E-state index in [1.807, 2.05) is 31.2 Å². The summed E-state index contributed by atoms with van der Waals surface area (Å²) in [6.07, 6.45) is 0. The quantitative estimate of drug-likeness (QED) is 0.637. The average Bonchev–Trinajstić information content (AvgIpc) is 2.49. The third-order valence-electron chi connectivity index (χ3n) is 2.90. The van der Waals surface area contributed by atoms with Crippen molar-refractivity contribution in [2.45, 2.75) is 6.92 Å². The Balaban J connectivity index is 2.32. The average molecular weight is 476 g/mol. The highest BCUT2D eigenvalue weighted by Gasteiger charge is 2.16. The molecule has 0 aromatic heterocycles. The fraction of sp³-hybridized carbons (Fsp3) is 0.188. The highest BCUT2D eigenvalue weighted by molar-refractivity contribution is 14.1. The van der Waals surface area contributed by atoms with Crippen LogP contribution in [0.5, 0.6) is 11.5 Å². The van der Waals surface area contributed by atoms with Crippen molar-refractivity contribution in [2.75, 3.05) is 19.0 Å². The van der Waals surface area contributed by atoms with Gasteiger partial charge in [-0.15, -0.1) is 0 Å². The summed E-state index contributed by atoms with van der Waals surface area (Å²) in [7, 11) is 1.56. The van der Waals surface area contributed by atoms with Crippen molar-refractivity contribution < 1.29 is 14.3 Å². The Morgan fingerprint density at radius 3 is 2.68 bits per heavy atom. The SMILES string of the molecule is CCOc1cc(C(=O)Nc2ccccc2I)cc(Br)c1OC. The predicted octanol–water partition coefficient (Wildman–Crippen LogP) is 4.71. The molecule has 0 unspecified atom stereocenters. The van der Waals surface area contributed by atoms with Gasteiger partial charge in [0.25, 0.3) is 5.91 Å². The Morgan fingerprint density at radius 2 is 2.05 bits per heavy atom. The standard InChI is InChI=1S/C16H15BrINO3/c1-3-22-14-9-10(8-11(17)15(14)21-2)16(20)19-13-7-5-4-6-12(13)18/h4-9H,3H2,1-2H3,(H,19,20). The van der Waals surface area contributed by atoms with Crippen LogP contribution in [0.15, 0.2) is 40.9 Å². The van der Waals surface area contributed by atoms with Gasteiger partial charge in [-0.25, -0.2) is 0 Å². The lowest BCUT2D eigenvalue weighted by molar-refractivity contribution is 0.102. The normalized spacial score (nSPS) is 10.2. The first-order valence-corrected chi connectivity index (χ1v) is 8.50. The van der Waals surface area contributed by atoms with Crippen molar-refractivity contribution in [3.63, 3.8) is 0 Å². The molecule has 1 amide bonds. The fourth-order valence-electron chi connectivity index (χ4n) is 1.92. The van der Waals surface area contributed by atoms with E-state index in [1.54, 1.807) is 19.2 Å². The van der Waals surface area contributed by atoms with Crippen LogP contribution in [0, 0.1) is 3.57 Å². The number of nitrogens with one attached hydrogen (secondary N) is 1. The Kier molecular flexibility index (Phi) is 6.07. The van der Waals surface area contributed by atoms with Crippen LogP contribution in [0.4, 0.5) is 5.69 Å². The first-order chi connectivity index (χ1) is 10.6. The van der Waals surface area contributed by atoms with Crippen LogP contribution in [0.2, 0.25) is 0 Å². The lowest BCUT2D eigenvalue weighted by atomic mass is 10.2. The zero-order valence-corrected chi connectivity index (χ0v) is 15.9. The second kappa shape index (κ2) is 7.82. The lowest BCUT2D eigenvalue weighted by Crippen LogP contribution is -2.13. The third kappa shape index (κ3) is 3.92. The summed E-state index contributed by atoms with van der Waals surface area (Å²) in [4.78, 5) is 12.4. The van der Waals surface area contributed by atoms with Gasteiger partial charge in [0, 0.05) is 9.13 Å². The molecule has 0 aliphatic rings. The monoisotopic (exact) mass is 475 g/mol. The second-order valence-electron chi connectivity index (χ2n) is 4.36. The van der Waals surface area contributed by atoms with E-state index in [4.69, 9.17) is 9.47 Å². The van der Waals surface area contributed by atoms with Crippen molar-refractivity contribution in [1.29, 1.82) is 0 Å². The lowest BCUT2D eigenvalue weighted by Gasteiger charge is -2.13. The Labute approximate surface area is 151 Å². The van der Waals surface area contributed by atoms with Crippen LogP contribution in [0.3, 0.4) is 0 Å². The number of rotatable bonds is 5. The number of methoxy groups -OCH3 is 1. The van der Waals surface area contributed by atoms with E-state index in [0.717, 1.165) is 9.26 Å². The highest BCUT2D eigenvalue weighted by atomic mass is 127. The van der Waals surface area contributed by atoms with E-state index in [1.165, 1.54) is 0 Å². The molecule has 22 heavy (non-hydrogen) atoms. The van der Waals surface area contributed by atoms with Crippen molar-refractivity contribution in [1.82, 2.24) is 0 Å². The van der Waals surface area contributed by atoms with Crippen LogP contribution in [0.1, 0.15) is 17.3 Å². The molecule has 0 saturated heterocycles. The molecule has 0 spiro atoms. The molecule has 0 bridgehead atoms. The number of amides is 1. The van der Waals surface area contributed by atoms with Gasteiger partial charge < -0.3 is 14.8 Å². The molecular weight excluding hydrogens is 461 g/mol. The summed E-state index contributed by atoms with van der Waals surface area (Å²) in [6.45, 7) is 2.37. The molecule has 6 heteroatoms. The minimum absolute atomic E-state index is 0.201. The van der Waals surface area contributed by atoms with Gasteiger partial charge in [0.1, 0.15) is 0 Å². The molecule has 116 valence electrons. The van der Waals surface area contributed by atoms with Gasteiger partial charge >= 0.3 is 0 Å². The largest absolute Gasteiger partial charge is 0.492 e. The van der Waals surface area contributed by atoms with Gasteiger partial charge in [0.15, 0.2) is 11.5 Å². The minimum atomic E-state index is -0.201. The number of para-hydroxylation sites is 1. The minimum Gasteiger partial charge on any atom is -0.492 e. The predicted molar refractivity (Wildman–Crippen MR) is 99.0 cm³/mol. The van der Waals surface area contributed by atoms with Gasteiger partial charge in [0.2, 0.25) is 0 Å². The summed E-state index contributed by atoms with van der Waals surface area (Å²) in [5.41, 5.74) is 1.27. The number of anilines is 1. The smallest absolute Gasteiger partial charge is 0.255 e.